The molecule has 0 aromatic heterocycles. The Hall–Kier alpha value is -3.27. The highest BCUT2D eigenvalue weighted by atomic mass is 32.2. The number of hydrogen-bond acceptors (Lipinski definition) is 6. The van der Waals surface area contributed by atoms with Crippen molar-refractivity contribution in [1.29, 1.82) is 0 Å². The van der Waals surface area contributed by atoms with E-state index in [2.05, 4.69) is 5.32 Å². The third-order valence-corrected chi connectivity index (χ3v) is 7.67. The Balaban J connectivity index is 1.76. The highest BCUT2D eigenvalue weighted by Gasteiger charge is 2.29. The first-order valence-electron chi connectivity index (χ1n) is 13.5. The molecule has 1 aliphatic rings. The first-order chi connectivity index (χ1) is 18.5. The molecule has 214 valence electrons. The third kappa shape index (κ3) is 8.61. The lowest BCUT2D eigenvalue weighted by atomic mass is 10.1. The van der Waals surface area contributed by atoms with Crippen LogP contribution in [0.3, 0.4) is 0 Å². The minimum atomic E-state index is -3.62. The summed E-state index contributed by atoms with van der Waals surface area (Å²) in [5.41, 5.74) is 2.46. The van der Waals surface area contributed by atoms with Crippen LogP contribution in [0.5, 0.6) is 11.5 Å². The van der Waals surface area contributed by atoms with Gasteiger partial charge in [-0.3, -0.25) is 13.9 Å². The van der Waals surface area contributed by atoms with Crippen molar-refractivity contribution in [3.8, 4) is 11.5 Å². The molecule has 0 unspecified atom stereocenters. The molecule has 2 amide bonds. The van der Waals surface area contributed by atoms with E-state index in [1.54, 1.807) is 23.1 Å². The molecule has 0 saturated carbocycles. The van der Waals surface area contributed by atoms with Crippen LogP contribution in [0.4, 0.5) is 5.69 Å². The maximum atomic E-state index is 13.6. The Morgan fingerprint density at radius 2 is 1.77 bits per heavy atom. The molecule has 1 atom stereocenters. The fraction of sp³-hybridized carbons (Fsp3) is 0.517. The lowest BCUT2D eigenvalue weighted by molar-refractivity contribution is -0.141. The van der Waals surface area contributed by atoms with Crippen LogP contribution in [-0.4, -0.2) is 63.7 Å². The molecule has 2 aromatic rings. The van der Waals surface area contributed by atoms with E-state index in [-0.39, 0.29) is 37.1 Å². The van der Waals surface area contributed by atoms with Crippen LogP contribution >= 0.6 is 0 Å². The molecule has 0 saturated heterocycles. The first kappa shape index (κ1) is 30.3. The van der Waals surface area contributed by atoms with Crippen molar-refractivity contribution in [3.63, 3.8) is 0 Å². The lowest BCUT2D eigenvalue weighted by Crippen LogP contribution is -2.49. The SMILES string of the molecule is CC[C@H](C(=O)NCC(C)C)N(Cc1cccc(C)c1)C(=O)CCCN(c1ccc2c(c1)OCCO2)S(C)(=O)=O. The average Bonchev–Trinajstić information content (AvgIpc) is 2.88. The summed E-state index contributed by atoms with van der Waals surface area (Å²) < 4.78 is 37.8. The quantitative estimate of drug-likeness (QED) is 0.399. The molecule has 2 aromatic carbocycles. The van der Waals surface area contributed by atoms with Gasteiger partial charge in [0.1, 0.15) is 19.3 Å². The van der Waals surface area contributed by atoms with Gasteiger partial charge in [-0.15, -0.1) is 0 Å². The van der Waals surface area contributed by atoms with Gasteiger partial charge in [-0.25, -0.2) is 8.42 Å². The average molecular weight is 560 g/mol. The van der Waals surface area contributed by atoms with Gasteiger partial charge in [0.2, 0.25) is 21.8 Å². The van der Waals surface area contributed by atoms with Gasteiger partial charge in [-0.2, -0.15) is 0 Å². The van der Waals surface area contributed by atoms with Gasteiger partial charge in [0.25, 0.3) is 0 Å². The minimum Gasteiger partial charge on any atom is -0.486 e. The van der Waals surface area contributed by atoms with Gasteiger partial charge < -0.3 is 19.7 Å². The van der Waals surface area contributed by atoms with E-state index >= 15 is 0 Å². The van der Waals surface area contributed by atoms with E-state index < -0.39 is 16.1 Å². The van der Waals surface area contributed by atoms with Gasteiger partial charge in [0.05, 0.1) is 11.9 Å². The molecule has 0 spiro atoms. The second-order valence-corrected chi connectivity index (χ2v) is 12.2. The maximum absolute atomic E-state index is 13.6. The fourth-order valence-electron chi connectivity index (χ4n) is 4.54. The van der Waals surface area contributed by atoms with Gasteiger partial charge >= 0.3 is 0 Å². The summed E-state index contributed by atoms with van der Waals surface area (Å²) in [5.74, 6) is 0.975. The number of nitrogens with zero attached hydrogens (tertiary/aromatic N) is 2. The normalized spacial score (nSPS) is 13.6. The number of ether oxygens (including phenoxy) is 2. The Kier molecular flexibility index (Phi) is 10.6. The van der Waals surface area contributed by atoms with Gasteiger partial charge in [0.15, 0.2) is 11.5 Å². The van der Waals surface area contributed by atoms with Crippen LogP contribution in [0.1, 0.15) is 51.2 Å². The number of sulfonamides is 1. The van der Waals surface area contributed by atoms with Gasteiger partial charge in [-0.05, 0) is 43.4 Å². The molecular weight excluding hydrogens is 518 g/mol. The Bertz CT molecular complexity index is 1250. The number of anilines is 1. The molecule has 0 radical (unpaired) electrons. The van der Waals surface area contributed by atoms with Crippen molar-refractivity contribution in [2.75, 3.05) is 36.9 Å². The molecule has 1 heterocycles. The number of amides is 2. The minimum absolute atomic E-state index is 0.0936. The smallest absolute Gasteiger partial charge is 0.242 e. The molecule has 1 aliphatic heterocycles. The van der Waals surface area contributed by atoms with Gasteiger partial charge in [-0.1, -0.05) is 50.6 Å². The fourth-order valence-corrected chi connectivity index (χ4v) is 5.50. The van der Waals surface area contributed by atoms with E-state index in [0.717, 1.165) is 17.4 Å². The van der Waals surface area contributed by atoms with Crippen molar-refractivity contribution in [2.24, 2.45) is 5.92 Å². The van der Waals surface area contributed by atoms with E-state index in [1.807, 2.05) is 52.0 Å². The van der Waals surface area contributed by atoms with E-state index in [4.69, 9.17) is 9.47 Å². The van der Waals surface area contributed by atoms with Crippen molar-refractivity contribution in [2.45, 2.75) is 59.5 Å². The molecule has 1 N–H and O–H groups in total. The molecule has 9 nitrogen and oxygen atoms in total. The molecule has 0 bridgehead atoms. The predicted octanol–water partition coefficient (Wildman–Crippen LogP) is 3.89. The Morgan fingerprint density at radius 1 is 1.05 bits per heavy atom. The van der Waals surface area contributed by atoms with Crippen LogP contribution in [0.15, 0.2) is 42.5 Å². The van der Waals surface area contributed by atoms with Crippen LogP contribution in [0, 0.1) is 12.8 Å². The standard InChI is InChI=1S/C29H41N3O6S/c1-6-25(29(34)30-19-21(2)3)31(20-23-10-7-9-22(4)17-23)28(33)11-8-14-32(39(5,35)36)24-12-13-26-27(18-24)38-16-15-37-26/h7,9-10,12-13,17-18,21,25H,6,8,11,14-16,19-20H2,1-5H3,(H,30,34)/t25-/m1/s1. The number of aryl methyl sites for hydroxylation is 1. The van der Waals surface area contributed by atoms with Crippen LogP contribution in [-0.2, 0) is 26.2 Å². The monoisotopic (exact) mass is 559 g/mol. The largest absolute Gasteiger partial charge is 0.486 e. The number of hydrogen-bond donors (Lipinski definition) is 1. The van der Waals surface area contributed by atoms with E-state index in [0.29, 0.717) is 49.9 Å². The van der Waals surface area contributed by atoms with Crippen molar-refractivity contribution < 1.29 is 27.5 Å². The number of nitrogens with one attached hydrogen (secondary N) is 1. The Labute approximate surface area is 232 Å². The van der Waals surface area contributed by atoms with Crippen molar-refractivity contribution in [3.05, 3.63) is 53.6 Å². The third-order valence-electron chi connectivity index (χ3n) is 6.47. The zero-order chi connectivity index (χ0) is 28.6. The lowest BCUT2D eigenvalue weighted by Gasteiger charge is -2.31. The van der Waals surface area contributed by atoms with E-state index in [9.17, 15) is 18.0 Å². The highest BCUT2D eigenvalue weighted by Crippen LogP contribution is 2.34. The second kappa shape index (κ2) is 13.7. The van der Waals surface area contributed by atoms with Crippen LogP contribution in [0.2, 0.25) is 0 Å². The molecule has 3 rings (SSSR count). The summed E-state index contributed by atoms with van der Waals surface area (Å²) >= 11 is 0. The topological polar surface area (TPSA) is 105 Å². The number of carbonyl (C=O) groups excluding carboxylic acids is 2. The predicted molar refractivity (Wildman–Crippen MR) is 153 cm³/mol. The molecule has 39 heavy (non-hydrogen) atoms. The van der Waals surface area contributed by atoms with Crippen LogP contribution < -0.4 is 19.1 Å². The van der Waals surface area contributed by atoms with Crippen LogP contribution in [0.25, 0.3) is 0 Å². The van der Waals surface area contributed by atoms with Gasteiger partial charge in [0, 0.05) is 32.1 Å². The maximum Gasteiger partial charge on any atom is 0.242 e. The molecule has 10 heteroatoms. The molecule has 0 aliphatic carbocycles. The summed E-state index contributed by atoms with van der Waals surface area (Å²) in [6.45, 7) is 9.69. The number of fused-ring (bicyclic) bond motifs is 1. The zero-order valence-electron chi connectivity index (χ0n) is 23.6. The highest BCUT2D eigenvalue weighted by molar-refractivity contribution is 7.92. The number of carbonyl (C=O) groups is 2. The summed E-state index contributed by atoms with van der Waals surface area (Å²) in [5, 5.41) is 2.96. The summed E-state index contributed by atoms with van der Waals surface area (Å²) in [6.07, 6.45) is 1.99. The zero-order valence-corrected chi connectivity index (χ0v) is 24.4. The number of benzene rings is 2. The summed E-state index contributed by atoms with van der Waals surface area (Å²) in [7, 11) is -3.62. The Morgan fingerprint density at radius 3 is 2.41 bits per heavy atom. The van der Waals surface area contributed by atoms with Crippen molar-refractivity contribution >= 4 is 27.5 Å². The molecular formula is C29H41N3O6S. The summed E-state index contributed by atoms with van der Waals surface area (Å²) in [4.78, 5) is 28.3. The number of rotatable bonds is 13. The second-order valence-electron chi connectivity index (χ2n) is 10.3. The first-order valence-corrected chi connectivity index (χ1v) is 15.3. The van der Waals surface area contributed by atoms with Crippen molar-refractivity contribution in [1.82, 2.24) is 10.2 Å². The molecule has 0 fully saturated rings. The van der Waals surface area contributed by atoms with E-state index in [1.165, 1.54) is 4.31 Å². The summed E-state index contributed by atoms with van der Waals surface area (Å²) in [6, 6.07) is 12.3.